The van der Waals surface area contributed by atoms with E-state index < -0.39 is 0 Å². The molecular weight excluding hydrogens is 346 g/mol. The fraction of sp³-hybridized carbons (Fsp3) is 0.600. The van der Waals surface area contributed by atoms with E-state index in [9.17, 15) is 9.59 Å². The van der Waals surface area contributed by atoms with Crippen molar-refractivity contribution in [2.24, 2.45) is 0 Å². The van der Waals surface area contributed by atoms with Gasteiger partial charge >= 0.3 is 0 Å². The van der Waals surface area contributed by atoms with Crippen LogP contribution in [-0.2, 0) is 4.79 Å². The summed E-state index contributed by atoms with van der Waals surface area (Å²) in [5.41, 5.74) is 1.43. The Kier molecular flexibility index (Phi) is 7.47. The number of unbranched alkanes of at least 4 members (excludes halogenated alkanes) is 1. The van der Waals surface area contributed by atoms with Gasteiger partial charge in [0.15, 0.2) is 0 Å². The number of anilines is 1. The van der Waals surface area contributed by atoms with Crippen LogP contribution in [0, 0.1) is 0 Å². The Bertz CT molecular complexity index is 663. The molecule has 7 nitrogen and oxygen atoms in total. The summed E-state index contributed by atoms with van der Waals surface area (Å²) in [7, 11) is 5.38. The second-order valence-corrected chi connectivity index (χ2v) is 7.07. The lowest BCUT2D eigenvalue weighted by molar-refractivity contribution is -0.131. The molecule has 1 aromatic rings. The van der Waals surface area contributed by atoms with Crippen LogP contribution >= 0.6 is 0 Å². The first-order valence-electron chi connectivity index (χ1n) is 9.49. The number of aliphatic hydroxyl groups is 1. The predicted molar refractivity (Wildman–Crippen MR) is 105 cm³/mol. The molecule has 1 aliphatic heterocycles. The molecule has 1 aliphatic rings. The van der Waals surface area contributed by atoms with E-state index in [1.54, 1.807) is 20.2 Å². The minimum atomic E-state index is -0.0819. The number of amides is 2. The van der Waals surface area contributed by atoms with Crippen LogP contribution in [0.2, 0.25) is 0 Å². The zero-order valence-electron chi connectivity index (χ0n) is 16.8. The number of fused-ring (bicyclic) bond motifs is 1. The average Bonchev–Trinajstić information content (AvgIpc) is 2.66. The average molecular weight is 377 g/mol. The number of carbonyl (C=O) groups excluding carboxylic acids is 2. The minimum absolute atomic E-state index is 0.0644. The van der Waals surface area contributed by atoms with Crippen molar-refractivity contribution in [2.45, 2.75) is 32.2 Å². The smallest absolute Gasteiger partial charge is 0.253 e. The molecule has 27 heavy (non-hydrogen) atoms. The van der Waals surface area contributed by atoms with Crippen molar-refractivity contribution < 1.29 is 19.4 Å². The van der Waals surface area contributed by atoms with Crippen molar-refractivity contribution in [1.82, 2.24) is 9.80 Å². The third kappa shape index (κ3) is 5.13. The molecule has 2 rings (SSSR count). The number of benzene rings is 1. The lowest BCUT2D eigenvalue weighted by Crippen LogP contribution is -2.45. The first kappa shape index (κ1) is 21.0. The van der Waals surface area contributed by atoms with Gasteiger partial charge in [-0.05, 0) is 38.0 Å². The summed E-state index contributed by atoms with van der Waals surface area (Å²) in [5, 5.41) is 8.92. The summed E-state index contributed by atoms with van der Waals surface area (Å²) in [5.74, 6) is 0.747. The first-order valence-corrected chi connectivity index (χ1v) is 9.49. The van der Waals surface area contributed by atoms with Crippen LogP contribution in [-0.4, -0.2) is 80.2 Å². The molecule has 0 saturated carbocycles. The van der Waals surface area contributed by atoms with E-state index >= 15 is 0 Å². The Hall–Kier alpha value is -2.28. The Morgan fingerprint density at radius 1 is 1.30 bits per heavy atom. The van der Waals surface area contributed by atoms with Gasteiger partial charge in [0.2, 0.25) is 5.91 Å². The third-order valence-corrected chi connectivity index (χ3v) is 4.95. The number of rotatable bonds is 8. The summed E-state index contributed by atoms with van der Waals surface area (Å²) in [6.45, 7) is 3.86. The van der Waals surface area contributed by atoms with Crippen molar-refractivity contribution in [3.63, 3.8) is 0 Å². The molecule has 7 heteroatoms. The van der Waals surface area contributed by atoms with E-state index in [1.807, 2.05) is 35.9 Å². The molecule has 0 spiro atoms. The van der Waals surface area contributed by atoms with Crippen molar-refractivity contribution in [3.05, 3.63) is 23.8 Å². The van der Waals surface area contributed by atoms with Crippen LogP contribution in [0.15, 0.2) is 18.2 Å². The Labute approximate surface area is 161 Å². The molecule has 2 amide bonds. The zero-order chi connectivity index (χ0) is 20.0. The minimum Gasteiger partial charge on any atom is -0.489 e. The maximum Gasteiger partial charge on any atom is 0.253 e. The highest BCUT2D eigenvalue weighted by Crippen LogP contribution is 2.34. The molecule has 0 aliphatic carbocycles. The number of aliphatic hydroxyl groups excluding tert-OH is 1. The molecule has 1 heterocycles. The van der Waals surface area contributed by atoms with Crippen molar-refractivity contribution >= 4 is 17.5 Å². The van der Waals surface area contributed by atoms with Gasteiger partial charge in [-0.3, -0.25) is 9.59 Å². The lowest BCUT2D eigenvalue weighted by Gasteiger charge is -2.36. The van der Waals surface area contributed by atoms with E-state index in [0.29, 0.717) is 38.1 Å². The molecule has 0 radical (unpaired) electrons. The molecule has 0 fully saturated rings. The SMILES string of the molecule is CCN(CCCCO)C(=O)C[C@@H]1COc2ccc(C(=O)N(C)C)cc2N1C. The summed E-state index contributed by atoms with van der Waals surface area (Å²) in [4.78, 5) is 30.3. The Morgan fingerprint density at radius 2 is 2.04 bits per heavy atom. The van der Waals surface area contributed by atoms with Crippen LogP contribution in [0.1, 0.15) is 36.5 Å². The number of carbonyl (C=O) groups is 2. The fourth-order valence-corrected chi connectivity index (χ4v) is 3.20. The monoisotopic (exact) mass is 377 g/mol. The van der Waals surface area contributed by atoms with Crippen LogP contribution in [0.3, 0.4) is 0 Å². The van der Waals surface area contributed by atoms with Crippen LogP contribution in [0.5, 0.6) is 5.75 Å². The largest absolute Gasteiger partial charge is 0.489 e. The van der Waals surface area contributed by atoms with E-state index in [1.165, 1.54) is 4.90 Å². The number of nitrogens with zero attached hydrogens (tertiary/aromatic N) is 3. The highest BCUT2D eigenvalue weighted by molar-refractivity contribution is 5.95. The Morgan fingerprint density at radius 3 is 2.67 bits per heavy atom. The first-order chi connectivity index (χ1) is 12.9. The number of ether oxygens (including phenoxy) is 1. The van der Waals surface area contributed by atoms with Gasteiger partial charge in [0.05, 0.1) is 18.2 Å². The summed E-state index contributed by atoms with van der Waals surface area (Å²) >= 11 is 0. The van der Waals surface area contributed by atoms with Gasteiger partial charge in [-0.1, -0.05) is 0 Å². The van der Waals surface area contributed by atoms with Crippen LogP contribution in [0.4, 0.5) is 5.69 Å². The summed E-state index contributed by atoms with van der Waals surface area (Å²) in [6, 6.07) is 5.32. The quantitative estimate of drug-likeness (QED) is 0.697. The predicted octanol–water partition coefficient (Wildman–Crippen LogP) is 1.60. The zero-order valence-corrected chi connectivity index (χ0v) is 16.8. The second kappa shape index (κ2) is 9.60. The van der Waals surface area contributed by atoms with Gasteiger partial charge in [-0.2, -0.15) is 0 Å². The van der Waals surface area contributed by atoms with Gasteiger partial charge in [0.1, 0.15) is 12.4 Å². The van der Waals surface area contributed by atoms with Gasteiger partial charge in [0, 0.05) is 46.4 Å². The van der Waals surface area contributed by atoms with Crippen molar-refractivity contribution in [1.29, 1.82) is 0 Å². The highest BCUT2D eigenvalue weighted by atomic mass is 16.5. The van der Waals surface area contributed by atoms with E-state index in [2.05, 4.69) is 0 Å². The topological polar surface area (TPSA) is 73.3 Å². The normalized spacial score (nSPS) is 15.7. The van der Waals surface area contributed by atoms with Gasteiger partial charge in [0.25, 0.3) is 5.91 Å². The molecule has 0 saturated heterocycles. The number of hydrogen-bond acceptors (Lipinski definition) is 5. The van der Waals surface area contributed by atoms with E-state index in [0.717, 1.165) is 17.9 Å². The summed E-state index contributed by atoms with van der Waals surface area (Å²) in [6.07, 6.45) is 1.85. The molecule has 0 aromatic heterocycles. The number of likely N-dealkylation sites (N-methyl/N-ethyl adjacent to an activating group) is 1. The maximum absolute atomic E-state index is 12.7. The second-order valence-electron chi connectivity index (χ2n) is 7.07. The van der Waals surface area contributed by atoms with Gasteiger partial charge < -0.3 is 24.5 Å². The lowest BCUT2D eigenvalue weighted by atomic mass is 10.1. The summed E-state index contributed by atoms with van der Waals surface area (Å²) < 4.78 is 5.84. The fourth-order valence-electron chi connectivity index (χ4n) is 3.20. The molecule has 0 bridgehead atoms. The van der Waals surface area contributed by atoms with E-state index in [4.69, 9.17) is 9.84 Å². The van der Waals surface area contributed by atoms with Gasteiger partial charge in [-0.25, -0.2) is 0 Å². The Balaban J connectivity index is 2.08. The van der Waals surface area contributed by atoms with Crippen LogP contribution in [0.25, 0.3) is 0 Å². The maximum atomic E-state index is 12.7. The van der Waals surface area contributed by atoms with Crippen molar-refractivity contribution in [2.75, 3.05) is 52.3 Å². The molecular formula is C20H31N3O4. The van der Waals surface area contributed by atoms with Gasteiger partial charge in [-0.15, -0.1) is 0 Å². The molecule has 1 N–H and O–H groups in total. The molecule has 1 atom stereocenters. The third-order valence-electron chi connectivity index (χ3n) is 4.95. The standard InChI is InChI=1S/C20H31N3O4/c1-5-23(10-6-7-11-24)19(25)13-16-14-27-18-9-8-15(20(26)21(2)3)12-17(18)22(16)4/h8-9,12,16,24H,5-7,10-11,13-14H2,1-4H3/t16-/m1/s1. The van der Waals surface area contributed by atoms with Crippen LogP contribution < -0.4 is 9.64 Å². The molecule has 1 aromatic carbocycles. The molecule has 150 valence electrons. The highest BCUT2D eigenvalue weighted by Gasteiger charge is 2.29. The molecule has 0 unspecified atom stereocenters. The number of hydrogen-bond donors (Lipinski definition) is 1. The van der Waals surface area contributed by atoms with E-state index in [-0.39, 0.29) is 24.5 Å². The van der Waals surface area contributed by atoms with Crippen molar-refractivity contribution in [3.8, 4) is 5.75 Å².